The summed E-state index contributed by atoms with van der Waals surface area (Å²) in [6.07, 6.45) is -1.34. The molecule has 0 saturated heterocycles. The van der Waals surface area contributed by atoms with Gasteiger partial charge in [0.15, 0.2) is 0 Å². The Balaban J connectivity index is 0.000000200. The second-order valence-electron chi connectivity index (χ2n) is 15.6. The molecule has 0 aliphatic carbocycles. The van der Waals surface area contributed by atoms with Gasteiger partial charge in [0.2, 0.25) is 0 Å². The van der Waals surface area contributed by atoms with Crippen LogP contribution in [0.5, 0.6) is 11.5 Å². The summed E-state index contributed by atoms with van der Waals surface area (Å²) in [6, 6.07) is 25.3. The Kier molecular flexibility index (Phi) is 15.6. The van der Waals surface area contributed by atoms with E-state index in [9.17, 15) is 22.0 Å². The summed E-state index contributed by atoms with van der Waals surface area (Å²) in [5.74, 6) is 0.560. The number of nitrogens with zero attached hydrogens (tertiary/aromatic N) is 8. The maximum Gasteiger partial charge on any atom is 3.00 e. The third-order valence-corrected chi connectivity index (χ3v) is 8.88. The molecule has 0 saturated carbocycles. The Morgan fingerprint density at radius 1 is 0.705 bits per heavy atom. The van der Waals surface area contributed by atoms with E-state index in [0.717, 1.165) is 34.5 Å². The fraction of sp³-hybridized carbons (Fsp3) is 0.333. The number of para-hydroxylation sites is 1. The van der Waals surface area contributed by atoms with Gasteiger partial charge >= 0.3 is 26.3 Å². The van der Waals surface area contributed by atoms with Crippen molar-refractivity contribution in [1.29, 1.82) is 0 Å². The number of hydrogen-bond acceptors (Lipinski definition) is 6. The van der Waals surface area contributed by atoms with Gasteiger partial charge in [-0.2, -0.15) is 13.2 Å². The minimum absolute atomic E-state index is 0. The predicted octanol–water partition coefficient (Wildman–Crippen LogP) is 10.4. The van der Waals surface area contributed by atoms with E-state index in [-0.39, 0.29) is 48.3 Å². The fourth-order valence-electron chi connectivity index (χ4n) is 6.26. The van der Waals surface area contributed by atoms with Crippen molar-refractivity contribution in [2.75, 3.05) is 13.2 Å². The molecule has 16 heteroatoms. The van der Waals surface area contributed by atoms with Crippen LogP contribution in [0.2, 0.25) is 0 Å². The van der Waals surface area contributed by atoms with Crippen LogP contribution >= 0.6 is 0 Å². The average Bonchev–Trinajstić information content (AvgIpc) is 3.99. The van der Waals surface area contributed by atoms with Crippen molar-refractivity contribution in [2.45, 2.75) is 72.4 Å². The van der Waals surface area contributed by atoms with Crippen LogP contribution in [0.3, 0.4) is 0 Å². The zero-order valence-corrected chi connectivity index (χ0v) is 38.0. The average molecular weight is 1020 g/mol. The molecule has 4 aromatic heterocycles. The number of aromatic nitrogens is 8. The molecule has 0 fully saturated rings. The molecule has 0 N–H and O–H groups in total. The van der Waals surface area contributed by atoms with E-state index in [1.165, 1.54) is 30.5 Å². The van der Waals surface area contributed by atoms with Crippen molar-refractivity contribution in [2.24, 2.45) is 14.1 Å². The van der Waals surface area contributed by atoms with E-state index in [1.54, 1.807) is 10.8 Å². The second kappa shape index (κ2) is 19.9. The molecule has 4 heterocycles. The molecule has 0 spiro atoms. The van der Waals surface area contributed by atoms with Crippen molar-refractivity contribution in [3.8, 4) is 51.2 Å². The molecule has 0 atom stereocenters. The van der Waals surface area contributed by atoms with Crippen LogP contribution in [-0.2, 0) is 51.2 Å². The van der Waals surface area contributed by atoms with Gasteiger partial charge in [-0.1, -0.05) is 101 Å². The topological polar surface area (TPSA) is 98.9 Å². The first kappa shape index (κ1) is 48.1. The number of ether oxygens (including phenoxy) is 2. The third kappa shape index (κ3) is 12.0. The molecule has 3 aromatic carbocycles. The first-order chi connectivity index (χ1) is 28.2. The van der Waals surface area contributed by atoms with E-state index < -0.39 is 11.9 Å². The first-order valence-electron chi connectivity index (χ1n) is 19.2. The Bertz CT molecular complexity index is 2380. The van der Waals surface area contributed by atoms with E-state index in [4.69, 9.17) is 9.47 Å². The minimum atomic E-state index is -4.50. The SMILES string of the molecule is CCOc1cc(F)c[c-]c1-c1cc(C(C)(C)C)n(C)n1.CCOc1cc(F)c[c-]c1-c1cc(C(C)(C)C)n(C)n1.FC(F)(F)c1cc(-c2nccn2-c2ccccc2)[n-]n1.[Ir+3]. The molecule has 0 unspecified atom stereocenters. The van der Waals surface area contributed by atoms with Gasteiger partial charge in [0, 0.05) is 88.9 Å². The third-order valence-electron chi connectivity index (χ3n) is 8.88. The fourth-order valence-corrected chi connectivity index (χ4v) is 6.26. The Hall–Kier alpha value is -5.60. The van der Waals surface area contributed by atoms with Gasteiger partial charge in [0.25, 0.3) is 0 Å². The first-order valence-corrected chi connectivity index (χ1v) is 19.2. The zero-order valence-electron chi connectivity index (χ0n) is 35.6. The smallest absolute Gasteiger partial charge is 0.572 e. The Morgan fingerprint density at radius 2 is 1.18 bits per heavy atom. The largest absolute Gasteiger partial charge is 3.00 e. The Morgan fingerprint density at radius 3 is 1.57 bits per heavy atom. The summed E-state index contributed by atoms with van der Waals surface area (Å²) in [5.41, 5.74) is 4.94. The van der Waals surface area contributed by atoms with Crippen LogP contribution in [0.25, 0.3) is 39.7 Å². The predicted molar refractivity (Wildman–Crippen MR) is 220 cm³/mol. The van der Waals surface area contributed by atoms with E-state index in [1.807, 2.05) is 79.8 Å². The van der Waals surface area contributed by atoms with E-state index in [2.05, 4.69) is 79.1 Å². The number of hydrogen-bond donors (Lipinski definition) is 0. The van der Waals surface area contributed by atoms with Crippen molar-refractivity contribution in [3.63, 3.8) is 0 Å². The molecular formula is C45H48F5IrN8O2. The summed E-state index contributed by atoms with van der Waals surface area (Å²) >= 11 is 0. The minimum Gasteiger partial charge on any atom is -0.572 e. The molecule has 0 bridgehead atoms. The zero-order chi connectivity index (χ0) is 44.0. The summed E-state index contributed by atoms with van der Waals surface area (Å²) < 4.78 is 80.6. The number of alkyl halides is 3. The van der Waals surface area contributed by atoms with Crippen LogP contribution < -0.4 is 14.6 Å². The molecule has 0 aliphatic heterocycles. The quantitative estimate of drug-likeness (QED) is 0.110. The van der Waals surface area contributed by atoms with Gasteiger partial charge in [-0.3, -0.25) is 18.1 Å². The molecular weight excluding hydrogens is 972 g/mol. The molecule has 10 nitrogen and oxygen atoms in total. The van der Waals surface area contributed by atoms with E-state index >= 15 is 0 Å². The molecule has 7 aromatic rings. The van der Waals surface area contributed by atoms with Crippen LogP contribution in [0.1, 0.15) is 72.5 Å². The van der Waals surface area contributed by atoms with Crippen molar-refractivity contribution < 1.29 is 51.5 Å². The standard InChI is InChI=1S/2C16H20FN2O.C13H8F3N4.Ir/c2*1-6-20-14-9-11(17)7-8-12(14)13-10-15(16(2,3)4)19(5)18-13;14-13(15,16)11-8-10(18-19-11)12-17-6-7-20(12)9-4-2-1-3-5-9;/h2*7,9-10H,6H2,1-5H3;1-8H;/q3*-1;+3. The number of benzene rings is 3. The number of imidazole rings is 1. The van der Waals surface area contributed by atoms with E-state index in [0.29, 0.717) is 41.7 Å². The van der Waals surface area contributed by atoms with Crippen molar-refractivity contribution >= 4 is 0 Å². The van der Waals surface area contributed by atoms with Gasteiger partial charge in [-0.15, -0.1) is 24.3 Å². The molecule has 0 radical (unpaired) electrons. The summed E-state index contributed by atoms with van der Waals surface area (Å²) in [6.45, 7) is 17.5. The monoisotopic (exact) mass is 1020 g/mol. The van der Waals surface area contributed by atoms with Crippen molar-refractivity contribution in [1.82, 2.24) is 39.3 Å². The Labute approximate surface area is 366 Å². The number of rotatable bonds is 8. The molecule has 7 rings (SSSR count). The van der Waals surface area contributed by atoms with Gasteiger partial charge < -0.3 is 24.2 Å². The summed E-state index contributed by atoms with van der Waals surface area (Å²) in [4.78, 5) is 4.05. The molecule has 0 amide bonds. The van der Waals surface area contributed by atoms with Gasteiger partial charge in [0.05, 0.1) is 13.2 Å². The van der Waals surface area contributed by atoms with Gasteiger partial charge in [-0.25, -0.2) is 15.2 Å². The molecule has 61 heavy (non-hydrogen) atoms. The van der Waals surface area contributed by atoms with Crippen LogP contribution in [0, 0.1) is 23.8 Å². The van der Waals surface area contributed by atoms with Crippen LogP contribution in [0.15, 0.2) is 85.2 Å². The summed E-state index contributed by atoms with van der Waals surface area (Å²) in [5, 5.41) is 15.7. The van der Waals surface area contributed by atoms with Crippen molar-refractivity contribution in [3.05, 3.63) is 126 Å². The molecule has 0 aliphatic rings. The van der Waals surface area contributed by atoms with Crippen LogP contribution in [0.4, 0.5) is 22.0 Å². The maximum atomic E-state index is 13.3. The number of halogens is 5. The summed E-state index contributed by atoms with van der Waals surface area (Å²) in [7, 11) is 3.82. The normalized spacial score (nSPS) is 11.5. The maximum absolute atomic E-state index is 13.3. The second-order valence-corrected chi connectivity index (χ2v) is 15.6. The molecule has 324 valence electrons. The van der Waals surface area contributed by atoms with Gasteiger partial charge in [-0.05, 0) is 32.0 Å². The van der Waals surface area contributed by atoms with Gasteiger partial charge in [0.1, 0.15) is 11.5 Å². The number of aryl methyl sites for hydroxylation is 2. The van der Waals surface area contributed by atoms with Crippen LogP contribution in [-0.4, -0.2) is 47.4 Å².